The Hall–Kier alpha value is -1.52. The van der Waals surface area contributed by atoms with Crippen LogP contribution in [0.25, 0.3) is 21.5 Å². The van der Waals surface area contributed by atoms with E-state index < -0.39 is 0 Å². The van der Waals surface area contributed by atoms with Gasteiger partial charge in [0.1, 0.15) is 10.6 Å². The molecular weight excluding hydrogens is 238 g/mol. The highest BCUT2D eigenvalue weighted by Crippen LogP contribution is 2.25. The van der Waals surface area contributed by atoms with Crippen LogP contribution in [0.3, 0.4) is 0 Å². The third kappa shape index (κ3) is 1.66. The van der Waals surface area contributed by atoms with E-state index in [1.807, 2.05) is 29.6 Å². The quantitative estimate of drug-likeness (QED) is 0.598. The number of aromatic nitrogens is 1. The van der Waals surface area contributed by atoms with Crippen molar-refractivity contribution in [3.05, 3.63) is 46.6 Å². The summed E-state index contributed by atoms with van der Waals surface area (Å²) in [6.07, 6.45) is 1.80. The Morgan fingerprint density at radius 2 is 2.06 bits per heavy atom. The first-order chi connectivity index (χ1) is 7.83. The summed E-state index contributed by atoms with van der Waals surface area (Å²) in [6, 6.07) is 9.79. The average Bonchev–Trinajstić information content (AvgIpc) is 2.81. The molecule has 0 aliphatic rings. The highest BCUT2D eigenvalue weighted by atomic mass is 32.1. The van der Waals surface area contributed by atoms with Crippen molar-refractivity contribution in [2.45, 2.75) is 0 Å². The summed E-state index contributed by atoms with van der Waals surface area (Å²) >= 11 is 6.61. The van der Waals surface area contributed by atoms with E-state index in [-0.39, 0.29) is 0 Å². The summed E-state index contributed by atoms with van der Waals surface area (Å²) in [4.78, 5) is 4.27. The van der Waals surface area contributed by atoms with Gasteiger partial charge < -0.3 is 4.42 Å². The molecule has 3 rings (SSSR count). The van der Waals surface area contributed by atoms with E-state index in [0.717, 1.165) is 21.5 Å². The number of hydrogen-bond acceptors (Lipinski definition) is 4. The van der Waals surface area contributed by atoms with Gasteiger partial charge in [0.25, 0.3) is 0 Å². The van der Waals surface area contributed by atoms with Gasteiger partial charge in [0.2, 0.25) is 0 Å². The van der Waals surface area contributed by atoms with E-state index in [9.17, 15) is 0 Å². The van der Waals surface area contributed by atoms with Gasteiger partial charge in [-0.25, -0.2) is 4.98 Å². The molecule has 0 bridgehead atoms. The maximum Gasteiger partial charge on any atom is 0.190 e. The molecule has 16 heavy (non-hydrogen) atoms. The Bertz CT molecular complexity index is 686. The summed E-state index contributed by atoms with van der Waals surface area (Å²) in [6.45, 7) is 0. The molecular formula is C12H7NOS2. The molecule has 0 spiro atoms. The number of benzene rings is 1. The Kier molecular flexibility index (Phi) is 2.31. The second kappa shape index (κ2) is 3.81. The zero-order chi connectivity index (χ0) is 11.0. The second-order valence-electron chi connectivity index (χ2n) is 3.34. The van der Waals surface area contributed by atoms with Crippen LogP contribution in [0.1, 0.15) is 0 Å². The molecule has 2 aromatic heterocycles. The molecule has 0 N–H and O–H groups in total. The van der Waals surface area contributed by atoms with Gasteiger partial charge in [-0.3, -0.25) is 0 Å². The molecule has 0 aliphatic heterocycles. The van der Waals surface area contributed by atoms with Gasteiger partial charge in [0.15, 0.2) is 4.71 Å². The van der Waals surface area contributed by atoms with Crippen LogP contribution in [0.5, 0.6) is 0 Å². The molecule has 2 heterocycles. The van der Waals surface area contributed by atoms with Gasteiger partial charge in [0.05, 0.1) is 0 Å². The number of hydrogen-bond donors (Lipinski definition) is 0. The maximum absolute atomic E-state index is 5.49. The van der Waals surface area contributed by atoms with Gasteiger partial charge in [0, 0.05) is 22.5 Å². The fourth-order valence-electron chi connectivity index (χ4n) is 1.56. The van der Waals surface area contributed by atoms with Gasteiger partial charge in [-0.1, -0.05) is 12.1 Å². The summed E-state index contributed by atoms with van der Waals surface area (Å²) in [5.41, 5.74) is 1.87. The van der Waals surface area contributed by atoms with Crippen LogP contribution in [-0.2, 0) is 0 Å². The van der Waals surface area contributed by atoms with Crippen LogP contribution in [0, 0.1) is 4.71 Å². The first-order valence-electron chi connectivity index (χ1n) is 4.77. The fraction of sp³-hybridized carbons (Fsp3) is 0. The largest absolute Gasteiger partial charge is 0.445 e. The molecule has 0 saturated heterocycles. The fourth-order valence-corrected chi connectivity index (χ4v) is 2.35. The molecule has 0 atom stereocenters. The Balaban J connectivity index is 2.26. The van der Waals surface area contributed by atoms with Crippen molar-refractivity contribution in [2.75, 3.05) is 0 Å². The number of rotatable bonds is 1. The predicted molar refractivity (Wildman–Crippen MR) is 68.2 cm³/mol. The third-order valence-corrected chi connectivity index (χ3v) is 3.34. The number of thiazole rings is 1. The Morgan fingerprint density at radius 1 is 1.19 bits per heavy atom. The first kappa shape index (κ1) is 9.69. The molecule has 3 aromatic rings. The van der Waals surface area contributed by atoms with E-state index in [2.05, 4.69) is 4.98 Å². The van der Waals surface area contributed by atoms with Crippen molar-refractivity contribution in [3.63, 3.8) is 0 Å². The zero-order valence-electron chi connectivity index (χ0n) is 8.21. The molecule has 2 nitrogen and oxygen atoms in total. The van der Waals surface area contributed by atoms with E-state index >= 15 is 0 Å². The molecule has 0 saturated carbocycles. The van der Waals surface area contributed by atoms with Gasteiger partial charge >= 0.3 is 0 Å². The van der Waals surface area contributed by atoms with Gasteiger partial charge in [-0.05, 0) is 30.4 Å². The molecule has 78 valence electrons. The molecule has 4 heteroatoms. The lowest BCUT2D eigenvalue weighted by Gasteiger charge is -1.99. The minimum Gasteiger partial charge on any atom is -0.445 e. The highest BCUT2D eigenvalue weighted by molar-refractivity contribution is 7.71. The Labute approximate surface area is 101 Å². The molecule has 1 aromatic carbocycles. The molecule has 0 radical (unpaired) electrons. The predicted octanol–water partition coefficient (Wildman–Crippen LogP) is 4.29. The minimum absolute atomic E-state index is 0.504. The molecule has 0 aliphatic carbocycles. The van der Waals surface area contributed by atoms with Gasteiger partial charge in [-0.15, -0.1) is 11.3 Å². The van der Waals surface area contributed by atoms with Crippen LogP contribution in [-0.4, -0.2) is 4.98 Å². The number of nitrogens with zero attached hydrogens (tertiary/aromatic N) is 1. The smallest absolute Gasteiger partial charge is 0.190 e. The summed E-state index contributed by atoms with van der Waals surface area (Å²) in [5, 5.41) is 4.00. The monoisotopic (exact) mass is 245 g/mol. The van der Waals surface area contributed by atoms with Crippen LogP contribution in [0.15, 0.2) is 46.3 Å². The molecule has 0 amide bonds. The van der Waals surface area contributed by atoms with Crippen LogP contribution in [0.4, 0.5) is 0 Å². The normalized spacial score (nSPS) is 10.8. The first-order valence-corrected chi connectivity index (χ1v) is 6.05. The van der Waals surface area contributed by atoms with Crippen molar-refractivity contribution >= 4 is 34.5 Å². The van der Waals surface area contributed by atoms with Crippen LogP contribution < -0.4 is 0 Å². The van der Waals surface area contributed by atoms with Crippen LogP contribution in [0.2, 0.25) is 0 Å². The van der Waals surface area contributed by atoms with Crippen molar-refractivity contribution in [3.8, 4) is 10.6 Å². The standard InChI is InChI=1S/C12H7NOS2/c15-11-4-3-8-1-2-9(7-10(8)14-11)12-13-5-6-16-12/h1-7H. The minimum atomic E-state index is 0.504. The average molecular weight is 245 g/mol. The SMILES string of the molecule is S=c1ccc2ccc(-c3nccs3)cc2o1. The Morgan fingerprint density at radius 3 is 2.88 bits per heavy atom. The van der Waals surface area contributed by atoms with E-state index in [0.29, 0.717) is 4.71 Å². The highest BCUT2D eigenvalue weighted by Gasteiger charge is 2.02. The summed E-state index contributed by atoms with van der Waals surface area (Å²) < 4.78 is 6.00. The maximum atomic E-state index is 5.49. The summed E-state index contributed by atoms with van der Waals surface area (Å²) in [7, 11) is 0. The van der Waals surface area contributed by atoms with Gasteiger partial charge in [-0.2, -0.15) is 0 Å². The zero-order valence-corrected chi connectivity index (χ0v) is 9.85. The second-order valence-corrected chi connectivity index (χ2v) is 4.64. The van der Waals surface area contributed by atoms with Crippen LogP contribution >= 0.6 is 23.6 Å². The van der Waals surface area contributed by atoms with Crippen molar-refractivity contribution in [2.24, 2.45) is 0 Å². The number of fused-ring (bicyclic) bond motifs is 1. The van der Waals surface area contributed by atoms with E-state index in [4.69, 9.17) is 16.6 Å². The van der Waals surface area contributed by atoms with Crippen molar-refractivity contribution in [1.29, 1.82) is 0 Å². The van der Waals surface area contributed by atoms with E-state index in [1.165, 1.54) is 0 Å². The lowest BCUT2D eigenvalue weighted by molar-refractivity contribution is 0.587. The van der Waals surface area contributed by atoms with E-state index in [1.54, 1.807) is 23.6 Å². The molecule has 0 unspecified atom stereocenters. The van der Waals surface area contributed by atoms with Crippen molar-refractivity contribution in [1.82, 2.24) is 4.98 Å². The van der Waals surface area contributed by atoms with Crippen molar-refractivity contribution < 1.29 is 4.42 Å². The lowest BCUT2D eigenvalue weighted by atomic mass is 10.1. The molecule has 0 fully saturated rings. The lowest BCUT2D eigenvalue weighted by Crippen LogP contribution is -1.77. The topological polar surface area (TPSA) is 26.0 Å². The summed E-state index contributed by atoms with van der Waals surface area (Å²) in [5.74, 6) is 0. The third-order valence-electron chi connectivity index (χ3n) is 2.30.